The summed E-state index contributed by atoms with van der Waals surface area (Å²) in [4.78, 5) is 26.3. The number of fused-ring (bicyclic) bond motifs is 2. The SMILES string of the molecule is CC(=O)/C(=C\N(C)C)c1ccc2c(=O)c3ccccc3oc2c1. The lowest BCUT2D eigenvalue weighted by Gasteiger charge is -2.10. The van der Waals surface area contributed by atoms with Crippen molar-refractivity contribution < 1.29 is 9.21 Å². The summed E-state index contributed by atoms with van der Waals surface area (Å²) < 4.78 is 5.85. The number of Topliss-reactive ketones (excluding diaryl/α,β-unsaturated/α-hetero) is 1. The molecule has 0 N–H and O–H groups in total. The maximum Gasteiger partial charge on any atom is 0.200 e. The topological polar surface area (TPSA) is 50.5 Å². The fraction of sp³-hybridized carbons (Fsp3) is 0.158. The van der Waals surface area contributed by atoms with Crippen molar-refractivity contribution in [3.8, 4) is 0 Å². The number of allylic oxidation sites excluding steroid dienone is 1. The highest BCUT2D eigenvalue weighted by molar-refractivity contribution is 6.19. The van der Waals surface area contributed by atoms with Gasteiger partial charge in [0, 0.05) is 25.9 Å². The second kappa shape index (κ2) is 5.72. The molecule has 0 saturated heterocycles. The highest BCUT2D eigenvalue weighted by Crippen LogP contribution is 2.23. The van der Waals surface area contributed by atoms with E-state index in [-0.39, 0.29) is 11.2 Å². The quantitative estimate of drug-likeness (QED) is 0.549. The van der Waals surface area contributed by atoms with Gasteiger partial charge in [0.1, 0.15) is 11.2 Å². The number of hydrogen-bond donors (Lipinski definition) is 0. The smallest absolute Gasteiger partial charge is 0.200 e. The Balaban J connectivity index is 2.29. The molecular formula is C19H17NO3. The van der Waals surface area contributed by atoms with Crippen molar-refractivity contribution >= 4 is 33.3 Å². The monoisotopic (exact) mass is 307 g/mol. The van der Waals surface area contributed by atoms with E-state index in [0.717, 1.165) is 5.56 Å². The molecule has 1 heterocycles. The number of benzene rings is 2. The molecule has 3 rings (SSSR count). The molecule has 0 saturated carbocycles. The molecule has 116 valence electrons. The van der Waals surface area contributed by atoms with Crippen LogP contribution in [0.1, 0.15) is 12.5 Å². The molecule has 0 radical (unpaired) electrons. The van der Waals surface area contributed by atoms with Crippen LogP contribution in [0.5, 0.6) is 0 Å². The van der Waals surface area contributed by atoms with Crippen molar-refractivity contribution in [2.24, 2.45) is 0 Å². The number of nitrogens with zero attached hydrogens (tertiary/aromatic N) is 1. The molecule has 2 aromatic carbocycles. The second-order valence-electron chi connectivity index (χ2n) is 5.70. The van der Waals surface area contributed by atoms with Gasteiger partial charge < -0.3 is 9.32 Å². The maximum absolute atomic E-state index is 12.5. The number of carbonyl (C=O) groups excluding carboxylic acids is 1. The third-order valence-electron chi connectivity index (χ3n) is 3.66. The van der Waals surface area contributed by atoms with Crippen LogP contribution in [0.2, 0.25) is 0 Å². The first-order chi connectivity index (χ1) is 11.0. The van der Waals surface area contributed by atoms with Crippen molar-refractivity contribution in [2.75, 3.05) is 14.1 Å². The Labute approximate surface area is 133 Å². The van der Waals surface area contributed by atoms with Gasteiger partial charge >= 0.3 is 0 Å². The van der Waals surface area contributed by atoms with E-state index in [4.69, 9.17) is 4.42 Å². The molecule has 4 heteroatoms. The van der Waals surface area contributed by atoms with E-state index in [1.165, 1.54) is 6.92 Å². The molecule has 0 atom stereocenters. The fourth-order valence-electron chi connectivity index (χ4n) is 2.60. The Bertz CT molecular complexity index is 996. The van der Waals surface area contributed by atoms with Crippen LogP contribution < -0.4 is 5.43 Å². The Morgan fingerprint density at radius 1 is 1.04 bits per heavy atom. The van der Waals surface area contributed by atoms with Gasteiger partial charge in [0.05, 0.1) is 10.8 Å². The molecule has 1 aromatic heterocycles. The standard InChI is InChI=1S/C19H17NO3/c1-12(21)16(11-20(2)3)13-8-9-15-18(10-13)23-17-7-5-4-6-14(17)19(15)22/h4-11H,1-3H3/b16-11+. The molecule has 0 unspecified atom stereocenters. The van der Waals surface area contributed by atoms with Gasteiger partial charge in [-0.15, -0.1) is 0 Å². The molecule has 3 aromatic rings. The first-order valence-electron chi connectivity index (χ1n) is 7.32. The summed E-state index contributed by atoms with van der Waals surface area (Å²) in [6.07, 6.45) is 1.77. The fourth-order valence-corrected chi connectivity index (χ4v) is 2.60. The van der Waals surface area contributed by atoms with Crippen LogP contribution in [0.3, 0.4) is 0 Å². The molecule has 0 bridgehead atoms. The van der Waals surface area contributed by atoms with Crippen LogP contribution in [0.4, 0.5) is 0 Å². The first-order valence-corrected chi connectivity index (χ1v) is 7.32. The zero-order chi connectivity index (χ0) is 16.6. The predicted octanol–water partition coefficient (Wildman–Crippen LogP) is 3.44. The average molecular weight is 307 g/mol. The van der Waals surface area contributed by atoms with Gasteiger partial charge in [-0.05, 0) is 36.8 Å². The second-order valence-corrected chi connectivity index (χ2v) is 5.70. The molecule has 0 spiro atoms. The highest BCUT2D eigenvalue weighted by Gasteiger charge is 2.12. The summed E-state index contributed by atoms with van der Waals surface area (Å²) in [7, 11) is 3.72. The Hall–Kier alpha value is -2.88. The van der Waals surface area contributed by atoms with Crippen LogP contribution in [0.15, 0.2) is 57.9 Å². The third kappa shape index (κ3) is 2.75. The number of carbonyl (C=O) groups is 1. The van der Waals surface area contributed by atoms with E-state index >= 15 is 0 Å². The molecular weight excluding hydrogens is 290 g/mol. The van der Waals surface area contributed by atoms with E-state index in [1.54, 1.807) is 36.5 Å². The Morgan fingerprint density at radius 2 is 1.74 bits per heavy atom. The highest BCUT2D eigenvalue weighted by atomic mass is 16.3. The molecule has 0 amide bonds. The minimum Gasteiger partial charge on any atom is -0.456 e. The van der Waals surface area contributed by atoms with E-state index in [9.17, 15) is 9.59 Å². The minimum absolute atomic E-state index is 0.0406. The normalized spacial score (nSPS) is 11.9. The Morgan fingerprint density at radius 3 is 2.43 bits per heavy atom. The summed E-state index contributed by atoms with van der Waals surface area (Å²) in [6.45, 7) is 1.52. The van der Waals surface area contributed by atoms with Gasteiger partial charge in [0.25, 0.3) is 0 Å². The van der Waals surface area contributed by atoms with Gasteiger partial charge in [-0.25, -0.2) is 0 Å². The zero-order valence-electron chi connectivity index (χ0n) is 13.3. The number of ketones is 1. The van der Waals surface area contributed by atoms with E-state index < -0.39 is 0 Å². The van der Waals surface area contributed by atoms with Gasteiger partial charge in [0.2, 0.25) is 5.43 Å². The van der Waals surface area contributed by atoms with Gasteiger partial charge in [-0.3, -0.25) is 9.59 Å². The van der Waals surface area contributed by atoms with E-state index in [0.29, 0.717) is 27.5 Å². The molecule has 4 nitrogen and oxygen atoms in total. The van der Waals surface area contributed by atoms with Crippen molar-refractivity contribution in [1.82, 2.24) is 4.90 Å². The van der Waals surface area contributed by atoms with Crippen molar-refractivity contribution in [1.29, 1.82) is 0 Å². The van der Waals surface area contributed by atoms with Crippen LogP contribution in [0.25, 0.3) is 27.5 Å². The molecule has 0 aliphatic carbocycles. The third-order valence-corrected chi connectivity index (χ3v) is 3.66. The number of rotatable bonds is 3. The lowest BCUT2D eigenvalue weighted by atomic mass is 10.0. The largest absolute Gasteiger partial charge is 0.456 e. The summed E-state index contributed by atoms with van der Waals surface area (Å²) in [5.74, 6) is -0.0406. The number of hydrogen-bond acceptors (Lipinski definition) is 4. The molecule has 0 aliphatic heterocycles. The van der Waals surface area contributed by atoms with Crippen molar-refractivity contribution in [2.45, 2.75) is 6.92 Å². The number of para-hydroxylation sites is 1. The molecule has 0 fully saturated rings. The molecule has 0 aliphatic rings. The lowest BCUT2D eigenvalue weighted by molar-refractivity contribution is -0.111. The summed E-state index contributed by atoms with van der Waals surface area (Å²) in [5.41, 5.74) is 2.28. The maximum atomic E-state index is 12.5. The van der Waals surface area contributed by atoms with E-state index in [2.05, 4.69) is 0 Å². The summed E-state index contributed by atoms with van der Waals surface area (Å²) in [5, 5.41) is 1.07. The zero-order valence-corrected chi connectivity index (χ0v) is 13.3. The van der Waals surface area contributed by atoms with Crippen molar-refractivity contribution in [3.63, 3.8) is 0 Å². The van der Waals surface area contributed by atoms with Gasteiger partial charge in [-0.1, -0.05) is 18.2 Å². The average Bonchev–Trinajstić information content (AvgIpc) is 2.52. The lowest BCUT2D eigenvalue weighted by Crippen LogP contribution is -2.07. The summed E-state index contributed by atoms with van der Waals surface area (Å²) >= 11 is 0. The van der Waals surface area contributed by atoms with Crippen molar-refractivity contribution in [3.05, 3.63) is 64.5 Å². The predicted molar refractivity (Wildman–Crippen MR) is 92.3 cm³/mol. The first kappa shape index (κ1) is 15.0. The summed E-state index contributed by atoms with van der Waals surface area (Å²) in [6, 6.07) is 12.4. The minimum atomic E-state index is -0.0608. The van der Waals surface area contributed by atoms with Crippen LogP contribution >= 0.6 is 0 Å². The van der Waals surface area contributed by atoms with Gasteiger partial charge in [-0.2, -0.15) is 0 Å². The van der Waals surface area contributed by atoms with E-state index in [1.807, 2.05) is 31.1 Å². The van der Waals surface area contributed by atoms with Crippen LogP contribution in [-0.2, 0) is 4.79 Å². The molecule has 23 heavy (non-hydrogen) atoms. The Kier molecular flexibility index (Phi) is 3.74. The van der Waals surface area contributed by atoms with Crippen LogP contribution in [-0.4, -0.2) is 24.8 Å². The van der Waals surface area contributed by atoms with Crippen LogP contribution in [0, 0.1) is 0 Å². The van der Waals surface area contributed by atoms with Gasteiger partial charge in [0.15, 0.2) is 5.78 Å².